The molecule has 0 unspecified atom stereocenters. The number of benzene rings is 1. The first kappa shape index (κ1) is 15.7. The molecule has 0 spiro atoms. The molecule has 1 aromatic heterocycles. The van der Waals surface area contributed by atoms with Crippen LogP contribution < -0.4 is 11.4 Å². The Morgan fingerprint density at radius 1 is 1.25 bits per heavy atom. The van der Waals surface area contributed by atoms with Crippen molar-refractivity contribution in [3.8, 4) is 5.75 Å². The number of phenols is 1. The SMILES string of the molecule is CC(C)[C@@H](N)C(=O)O.O=c1ccc2ccc(O)cc2o1. The molecular weight excluding hydrogens is 262 g/mol. The molecule has 0 fully saturated rings. The lowest BCUT2D eigenvalue weighted by Gasteiger charge is -2.07. The zero-order chi connectivity index (χ0) is 15.3. The maximum atomic E-state index is 10.7. The Morgan fingerprint density at radius 2 is 1.85 bits per heavy atom. The second-order valence-electron chi connectivity index (χ2n) is 4.58. The monoisotopic (exact) mass is 279 g/mol. The van der Waals surface area contributed by atoms with E-state index < -0.39 is 17.6 Å². The van der Waals surface area contributed by atoms with Gasteiger partial charge in [-0.25, -0.2) is 4.79 Å². The van der Waals surface area contributed by atoms with Gasteiger partial charge < -0.3 is 20.4 Å². The second-order valence-corrected chi connectivity index (χ2v) is 4.58. The third kappa shape index (κ3) is 4.40. The normalized spacial score (nSPS) is 11.8. The molecule has 2 rings (SSSR count). The van der Waals surface area contributed by atoms with Crippen LogP contribution in [0, 0.1) is 5.92 Å². The van der Waals surface area contributed by atoms with Gasteiger partial charge in [0, 0.05) is 17.5 Å². The van der Waals surface area contributed by atoms with Crippen molar-refractivity contribution >= 4 is 16.9 Å². The van der Waals surface area contributed by atoms with Crippen molar-refractivity contribution in [2.75, 3.05) is 0 Å². The van der Waals surface area contributed by atoms with Gasteiger partial charge in [0.2, 0.25) is 0 Å². The second kappa shape index (κ2) is 6.72. The van der Waals surface area contributed by atoms with E-state index in [9.17, 15) is 9.59 Å². The fourth-order valence-corrected chi connectivity index (χ4v) is 1.33. The highest BCUT2D eigenvalue weighted by Crippen LogP contribution is 2.17. The highest BCUT2D eigenvalue weighted by Gasteiger charge is 2.14. The quantitative estimate of drug-likeness (QED) is 0.719. The number of carboxylic acid groups (broad SMARTS) is 1. The molecule has 0 saturated carbocycles. The third-order valence-electron chi connectivity index (χ3n) is 2.61. The highest BCUT2D eigenvalue weighted by atomic mass is 16.4. The molecule has 108 valence electrons. The van der Waals surface area contributed by atoms with E-state index in [1.807, 2.05) is 0 Å². The van der Waals surface area contributed by atoms with E-state index in [2.05, 4.69) is 0 Å². The smallest absolute Gasteiger partial charge is 0.336 e. The molecule has 1 atom stereocenters. The largest absolute Gasteiger partial charge is 0.508 e. The number of carboxylic acids is 1. The molecule has 2 aromatic rings. The van der Waals surface area contributed by atoms with Gasteiger partial charge in [-0.3, -0.25) is 4.79 Å². The predicted octanol–water partition coefficient (Wildman–Crippen LogP) is 1.55. The van der Waals surface area contributed by atoms with Crippen LogP contribution in [0.3, 0.4) is 0 Å². The Balaban J connectivity index is 0.000000221. The van der Waals surface area contributed by atoms with Crippen LogP contribution in [0.1, 0.15) is 13.8 Å². The number of fused-ring (bicyclic) bond motifs is 1. The molecule has 0 amide bonds. The number of hydrogen-bond acceptors (Lipinski definition) is 5. The van der Waals surface area contributed by atoms with Crippen molar-refractivity contribution in [2.24, 2.45) is 11.7 Å². The topological polar surface area (TPSA) is 114 Å². The number of carbonyl (C=O) groups is 1. The van der Waals surface area contributed by atoms with E-state index >= 15 is 0 Å². The average molecular weight is 279 g/mol. The van der Waals surface area contributed by atoms with Gasteiger partial charge in [0.05, 0.1) is 0 Å². The molecule has 1 aromatic carbocycles. The Labute approximate surface area is 115 Å². The first-order chi connectivity index (χ1) is 9.31. The summed E-state index contributed by atoms with van der Waals surface area (Å²) in [6.45, 7) is 3.55. The summed E-state index contributed by atoms with van der Waals surface area (Å²) >= 11 is 0. The van der Waals surface area contributed by atoms with E-state index in [1.54, 1.807) is 32.0 Å². The minimum absolute atomic E-state index is 0.0208. The Morgan fingerprint density at radius 3 is 2.35 bits per heavy atom. The van der Waals surface area contributed by atoms with Gasteiger partial charge in [-0.1, -0.05) is 13.8 Å². The number of aliphatic carboxylic acids is 1. The van der Waals surface area contributed by atoms with Crippen molar-refractivity contribution in [3.63, 3.8) is 0 Å². The number of hydrogen-bond donors (Lipinski definition) is 3. The van der Waals surface area contributed by atoms with Crippen molar-refractivity contribution in [3.05, 3.63) is 40.8 Å². The minimum Gasteiger partial charge on any atom is -0.508 e. The summed E-state index contributed by atoms with van der Waals surface area (Å²) in [6, 6.07) is 6.93. The first-order valence-corrected chi connectivity index (χ1v) is 6.02. The third-order valence-corrected chi connectivity index (χ3v) is 2.61. The Kier molecular flexibility index (Phi) is 5.28. The maximum Gasteiger partial charge on any atom is 0.336 e. The lowest BCUT2D eigenvalue weighted by molar-refractivity contribution is -0.139. The number of nitrogens with two attached hydrogens (primary N) is 1. The van der Waals surface area contributed by atoms with Crippen molar-refractivity contribution < 1.29 is 19.4 Å². The van der Waals surface area contributed by atoms with Crippen LogP contribution in [0.4, 0.5) is 0 Å². The molecule has 20 heavy (non-hydrogen) atoms. The van der Waals surface area contributed by atoms with Crippen molar-refractivity contribution in [1.29, 1.82) is 0 Å². The summed E-state index contributed by atoms with van der Waals surface area (Å²) in [5.74, 6) is -0.815. The summed E-state index contributed by atoms with van der Waals surface area (Å²) < 4.78 is 4.83. The standard InChI is InChI=1S/C9H6O3.C5H11NO2/c10-7-3-1-6-2-4-9(11)12-8(6)5-7;1-3(2)4(6)5(7)8/h1-5,10H;3-4H,6H2,1-2H3,(H,7,8)/t;4-/m.1/s1. The Hall–Kier alpha value is -2.34. The van der Waals surface area contributed by atoms with Crippen LogP contribution in [0.5, 0.6) is 5.75 Å². The molecule has 6 heteroatoms. The number of phenolic OH excluding ortho intramolecular Hbond substituents is 1. The molecule has 0 aliphatic rings. The fraction of sp³-hybridized carbons (Fsp3) is 0.286. The van der Waals surface area contributed by atoms with Gasteiger partial charge in [-0.05, 0) is 24.1 Å². The van der Waals surface area contributed by atoms with Gasteiger partial charge in [-0.15, -0.1) is 0 Å². The summed E-state index contributed by atoms with van der Waals surface area (Å²) in [5, 5.41) is 18.1. The van der Waals surface area contributed by atoms with Crippen molar-refractivity contribution in [2.45, 2.75) is 19.9 Å². The van der Waals surface area contributed by atoms with Crippen molar-refractivity contribution in [1.82, 2.24) is 0 Å². The molecular formula is C14H17NO5. The minimum atomic E-state index is -0.931. The summed E-state index contributed by atoms with van der Waals surface area (Å²) in [6.07, 6.45) is 0. The van der Waals surface area contributed by atoms with Gasteiger partial charge in [0.1, 0.15) is 17.4 Å². The van der Waals surface area contributed by atoms with E-state index in [0.29, 0.717) is 5.58 Å². The lowest BCUT2D eigenvalue weighted by atomic mass is 10.1. The molecule has 4 N–H and O–H groups in total. The van der Waals surface area contributed by atoms with Gasteiger partial charge in [0.25, 0.3) is 0 Å². The zero-order valence-corrected chi connectivity index (χ0v) is 11.2. The summed E-state index contributed by atoms with van der Waals surface area (Å²) in [5.41, 5.74) is 5.16. The Bertz CT molecular complexity index is 647. The number of rotatable bonds is 2. The van der Waals surface area contributed by atoms with E-state index in [0.717, 1.165) is 5.39 Å². The summed E-state index contributed by atoms with van der Waals surface area (Å²) in [4.78, 5) is 20.8. The molecule has 0 aliphatic carbocycles. The fourth-order valence-electron chi connectivity index (χ4n) is 1.33. The zero-order valence-electron chi connectivity index (χ0n) is 11.2. The van der Waals surface area contributed by atoms with Gasteiger partial charge in [0.15, 0.2) is 0 Å². The van der Waals surface area contributed by atoms with Crippen LogP contribution in [-0.4, -0.2) is 22.2 Å². The molecule has 6 nitrogen and oxygen atoms in total. The molecule has 0 bridgehead atoms. The van der Waals surface area contributed by atoms with Crippen LogP contribution in [-0.2, 0) is 4.79 Å². The molecule has 1 heterocycles. The van der Waals surface area contributed by atoms with Crippen LogP contribution in [0.15, 0.2) is 39.5 Å². The molecule has 0 radical (unpaired) electrons. The number of aromatic hydroxyl groups is 1. The van der Waals surface area contributed by atoms with E-state index in [4.69, 9.17) is 20.4 Å². The first-order valence-electron chi connectivity index (χ1n) is 6.02. The van der Waals surface area contributed by atoms with Crippen LogP contribution >= 0.6 is 0 Å². The van der Waals surface area contributed by atoms with Crippen LogP contribution in [0.2, 0.25) is 0 Å². The lowest BCUT2D eigenvalue weighted by Crippen LogP contribution is -2.34. The van der Waals surface area contributed by atoms with E-state index in [1.165, 1.54) is 12.1 Å². The average Bonchev–Trinajstić information content (AvgIpc) is 2.37. The highest BCUT2D eigenvalue weighted by molar-refractivity contribution is 5.77. The van der Waals surface area contributed by atoms with Crippen LogP contribution in [0.25, 0.3) is 11.0 Å². The van der Waals surface area contributed by atoms with Gasteiger partial charge >= 0.3 is 11.6 Å². The summed E-state index contributed by atoms with van der Waals surface area (Å²) in [7, 11) is 0. The molecule has 0 aliphatic heterocycles. The molecule has 0 saturated heterocycles. The van der Waals surface area contributed by atoms with E-state index in [-0.39, 0.29) is 11.7 Å². The van der Waals surface area contributed by atoms with Gasteiger partial charge in [-0.2, -0.15) is 0 Å². The maximum absolute atomic E-state index is 10.7. The predicted molar refractivity (Wildman–Crippen MR) is 74.6 cm³/mol.